The average Bonchev–Trinajstić information content (AvgIpc) is 2.16. The summed E-state index contributed by atoms with van der Waals surface area (Å²) >= 11 is 0. The molecule has 74 valence electrons. The van der Waals surface area contributed by atoms with E-state index in [9.17, 15) is 4.79 Å². The second-order valence-electron chi connectivity index (χ2n) is 3.09. The zero-order valence-corrected chi connectivity index (χ0v) is 8.18. The van der Waals surface area contributed by atoms with E-state index in [1.807, 2.05) is 6.92 Å². The van der Waals surface area contributed by atoms with Crippen LogP contribution < -0.4 is 11.1 Å². The summed E-state index contributed by atoms with van der Waals surface area (Å²) in [6.45, 7) is 2.91. The van der Waals surface area contributed by atoms with Gasteiger partial charge in [-0.3, -0.25) is 4.79 Å². The van der Waals surface area contributed by atoms with Gasteiger partial charge >= 0.3 is 0 Å². The van der Waals surface area contributed by atoms with Crippen LogP contribution in [0.1, 0.15) is 26.2 Å². The Labute approximate surface area is 80.1 Å². The summed E-state index contributed by atoms with van der Waals surface area (Å²) in [6.07, 6.45) is 7.77. The Morgan fingerprint density at radius 1 is 1.62 bits per heavy atom. The molecular weight excluding hydrogens is 164 g/mol. The standard InChI is InChI=1S/C10H18N2O/c1-3-4-5-6-7-12-10(13)9(2)8-11/h1,9H,4-8,11H2,2H3,(H,12,13). The fraction of sp³-hybridized carbons (Fsp3) is 0.700. The van der Waals surface area contributed by atoms with E-state index >= 15 is 0 Å². The highest BCUT2D eigenvalue weighted by atomic mass is 16.1. The fourth-order valence-corrected chi connectivity index (χ4v) is 0.845. The molecule has 0 aliphatic carbocycles. The Kier molecular flexibility index (Phi) is 7.04. The summed E-state index contributed by atoms with van der Waals surface area (Å²) in [5.41, 5.74) is 5.34. The maximum Gasteiger partial charge on any atom is 0.224 e. The monoisotopic (exact) mass is 182 g/mol. The number of hydrogen-bond donors (Lipinski definition) is 2. The van der Waals surface area contributed by atoms with Gasteiger partial charge in [0.2, 0.25) is 5.91 Å². The van der Waals surface area contributed by atoms with Crippen LogP contribution in [-0.4, -0.2) is 19.0 Å². The van der Waals surface area contributed by atoms with Gasteiger partial charge in [0.05, 0.1) is 0 Å². The van der Waals surface area contributed by atoms with E-state index < -0.39 is 0 Å². The molecule has 0 aliphatic rings. The fourth-order valence-electron chi connectivity index (χ4n) is 0.845. The second kappa shape index (κ2) is 7.63. The van der Waals surface area contributed by atoms with Gasteiger partial charge in [0, 0.05) is 25.4 Å². The minimum absolute atomic E-state index is 0.0307. The van der Waals surface area contributed by atoms with Crippen molar-refractivity contribution in [3.05, 3.63) is 0 Å². The molecule has 0 fully saturated rings. The number of nitrogens with two attached hydrogens (primary N) is 1. The quantitative estimate of drug-likeness (QED) is 0.464. The molecule has 0 heterocycles. The third-order valence-corrected chi connectivity index (χ3v) is 1.85. The number of carbonyl (C=O) groups is 1. The normalized spacial score (nSPS) is 11.8. The zero-order chi connectivity index (χ0) is 10.1. The molecule has 0 spiro atoms. The summed E-state index contributed by atoms with van der Waals surface area (Å²) in [7, 11) is 0. The van der Waals surface area contributed by atoms with Crippen LogP contribution in [0.5, 0.6) is 0 Å². The molecule has 0 aromatic carbocycles. The third-order valence-electron chi connectivity index (χ3n) is 1.85. The number of unbranched alkanes of at least 4 members (excludes halogenated alkanes) is 2. The highest BCUT2D eigenvalue weighted by Gasteiger charge is 2.08. The van der Waals surface area contributed by atoms with E-state index in [2.05, 4.69) is 11.2 Å². The number of carbonyl (C=O) groups excluding carboxylic acids is 1. The minimum atomic E-state index is -0.0902. The lowest BCUT2D eigenvalue weighted by Gasteiger charge is -2.08. The largest absolute Gasteiger partial charge is 0.356 e. The van der Waals surface area contributed by atoms with E-state index in [0.717, 1.165) is 19.3 Å². The molecule has 0 saturated heterocycles. The van der Waals surface area contributed by atoms with Gasteiger partial charge in [0.15, 0.2) is 0 Å². The molecule has 3 nitrogen and oxygen atoms in total. The maximum absolute atomic E-state index is 11.2. The number of terminal acetylenes is 1. The molecular formula is C10H18N2O. The van der Waals surface area contributed by atoms with Crippen molar-refractivity contribution in [2.45, 2.75) is 26.2 Å². The molecule has 1 unspecified atom stereocenters. The molecule has 0 saturated carbocycles. The highest BCUT2D eigenvalue weighted by Crippen LogP contribution is 1.94. The SMILES string of the molecule is C#CCCCCNC(=O)C(C)CN. The first kappa shape index (κ1) is 12.0. The van der Waals surface area contributed by atoms with E-state index in [4.69, 9.17) is 12.2 Å². The highest BCUT2D eigenvalue weighted by molar-refractivity contribution is 5.78. The molecule has 0 aliphatic heterocycles. The number of hydrogen-bond acceptors (Lipinski definition) is 2. The van der Waals surface area contributed by atoms with Gasteiger partial charge in [-0.2, -0.15) is 0 Å². The zero-order valence-electron chi connectivity index (χ0n) is 8.18. The first-order valence-corrected chi connectivity index (χ1v) is 4.63. The van der Waals surface area contributed by atoms with E-state index in [1.165, 1.54) is 0 Å². The van der Waals surface area contributed by atoms with Crippen LogP contribution in [0.4, 0.5) is 0 Å². The number of amides is 1. The van der Waals surface area contributed by atoms with Crippen molar-refractivity contribution in [1.29, 1.82) is 0 Å². The van der Waals surface area contributed by atoms with Crippen LogP contribution in [0.25, 0.3) is 0 Å². The Balaban J connectivity index is 3.33. The smallest absolute Gasteiger partial charge is 0.224 e. The van der Waals surface area contributed by atoms with Crippen LogP contribution in [0, 0.1) is 18.3 Å². The Bertz CT molecular complexity index is 184. The Morgan fingerprint density at radius 3 is 2.85 bits per heavy atom. The molecule has 0 radical (unpaired) electrons. The van der Waals surface area contributed by atoms with Crippen molar-refractivity contribution in [3.63, 3.8) is 0 Å². The molecule has 1 atom stereocenters. The summed E-state index contributed by atoms with van der Waals surface area (Å²) in [4.78, 5) is 11.2. The number of nitrogens with one attached hydrogen (secondary N) is 1. The van der Waals surface area contributed by atoms with Gasteiger partial charge in [-0.15, -0.1) is 12.3 Å². The van der Waals surface area contributed by atoms with Gasteiger partial charge in [-0.25, -0.2) is 0 Å². The van der Waals surface area contributed by atoms with E-state index in [-0.39, 0.29) is 11.8 Å². The van der Waals surface area contributed by atoms with Gasteiger partial charge in [0.1, 0.15) is 0 Å². The summed E-state index contributed by atoms with van der Waals surface area (Å²) in [5, 5.41) is 2.80. The van der Waals surface area contributed by atoms with Crippen LogP contribution in [0.15, 0.2) is 0 Å². The van der Waals surface area contributed by atoms with Crippen LogP contribution in [0.2, 0.25) is 0 Å². The lowest BCUT2D eigenvalue weighted by Crippen LogP contribution is -2.33. The topological polar surface area (TPSA) is 55.1 Å². The van der Waals surface area contributed by atoms with Crippen molar-refractivity contribution in [2.75, 3.05) is 13.1 Å². The number of rotatable bonds is 6. The maximum atomic E-state index is 11.2. The summed E-state index contributed by atoms with van der Waals surface area (Å²) in [6, 6.07) is 0. The summed E-state index contributed by atoms with van der Waals surface area (Å²) < 4.78 is 0. The third kappa shape index (κ3) is 6.18. The van der Waals surface area contributed by atoms with Gasteiger partial charge in [0.25, 0.3) is 0 Å². The molecule has 13 heavy (non-hydrogen) atoms. The first-order chi connectivity index (χ1) is 6.22. The lowest BCUT2D eigenvalue weighted by molar-refractivity contribution is -0.124. The van der Waals surface area contributed by atoms with Crippen molar-refractivity contribution >= 4 is 5.91 Å². The molecule has 0 aromatic rings. The van der Waals surface area contributed by atoms with E-state index in [1.54, 1.807) is 0 Å². The molecule has 0 bridgehead atoms. The minimum Gasteiger partial charge on any atom is -0.356 e. The molecule has 1 amide bonds. The lowest BCUT2D eigenvalue weighted by atomic mass is 10.1. The van der Waals surface area contributed by atoms with Crippen molar-refractivity contribution in [1.82, 2.24) is 5.32 Å². The molecule has 3 N–H and O–H groups in total. The van der Waals surface area contributed by atoms with Crippen LogP contribution >= 0.6 is 0 Å². The first-order valence-electron chi connectivity index (χ1n) is 4.63. The molecule has 3 heteroatoms. The van der Waals surface area contributed by atoms with Gasteiger partial charge in [-0.1, -0.05) is 6.92 Å². The van der Waals surface area contributed by atoms with Gasteiger partial charge in [-0.05, 0) is 12.8 Å². The van der Waals surface area contributed by atoms with Crippen molar-refractivity contribution in [3.8, 4) is 12.3 Å². The summed E-state index contributed by atoms with van der Waals surface area (Å²) in [5.74, 6) is 2.50. The molecule has 0 aromatic heterocycles. The Hall–Kier alpha value is -1.01. The van der Waals surface area contributed by atoms with Crippen LogP contribution in [-0.2, 0) is 4.79 Å². The average molecular weight is 182 g/mol. The van der Waals surface area contributed by atoms with Crippen LogP contribution in [0.3, 0.4) is 0 Å². The van der Waals surface area contributed by atoms with Crippen molar-refractivity contribution in [2.24, 2.45) is 11.7 Å². The van der Waals surface area contributed by atoms with E-state index in [0.29, 0.717) is 13.1 Å². The molecule has 0 rings (SSSR count). The van der Waals surface area contributed by atoms with Crippen molar-refractivity contribution < 1.29 is 4.79 Å². The van der Waals surface area contributed by atoms with Gasteiger partial charge < -0.3 is 11.1 Å². The predicted molar refractivity (Wildman–Crippen MR) is 53.9 cm³/mol. The predicted octanol–water partition coefficient (Wildman–Crippen LogP) is 0.501. The Morgan fingerprint density at radius 2 is 2.31 bits per heavy atom. The second-order valence-corrected chi connectivity index (χ2v) is 3.09.